The van der Waals surface area contributed by atoms with Gasteiger partial charge in [0.1, 0.15) is 0 Å². The molecule has 72 valence electrons. The first kappa shape index (κ1) is 9.01. The molecule has 0 amide bonds. The molecule has 5 nitrogen and oxygen atoms in total. The monoisotopic (exact) mass is 256 g/mol. The van der Waals surface area contributed by atoms with E-state index in [1.165, 1.54) is 6.07 Å². The minimum absolute atomic E-state index is 0.351. The molecule has 0 unspecified atom stereocenters. The standard InChI is InChI=1S/C8H5BrN2O3/c9-6-2-1-5(14-6)4-3-7(12)11-8(13)10-4/h1-3H,(H2,10,11,12,13). The van der Waals surface area contributed by atoms with Crippen LogP contribution in [0, 0.1) is 0 Å². The lowest BCUT2D eigenvalue weighted by atomic mass is 10.3. The molecular weight excluding hydrogens is 252 g/mol. The predicted octanol–water partition coefficient (Wildman–Crippen LogP) is 1.09. The van der Waals surface area contributed by atoms with E-state index in [1.54, 1.807) is 12.1 Å². The molecule has 0 saturated heterocycles. The van der Waals surface area contributed by atoms with Gasteiger partial charge >= 0.3 is 5.69 Å². The third-order valence-electron chi connectivity index (χ3n) is 1.60. The number of aromatic amines is 2. The fourth-order valence-electron chi connectivity index (χ4n) is 1.06. The zero-order valence-corrected chi connectivity index (χ0v) is 8.42. The van der Waals surface area contributed by atoms with Crippen molar-refractivity contribution in [3.8, 4) is 11.5 Å². The predicted molar refractivity (Wildman–Crippen MR) is 53.1 cm³/mol. The highest BCUT2D eigenvalue weighted by atomic mass is 79.9. The normalized spacial score (nSPS) is 10.4. The molecule has 2 rings (SSSR count). The largest absolute Gasteiger partial charge is 0.448 e. The Bertz CT molecular complexity index is 538. The van der Waals surface area contributed by atoms with E-state index in [0.717, 1.165) is 0 Å². The first-order valence-electron chi connectivity index (χ1n) is 3.74. The number of hydrogen-bond donors (Lipinski definition) is 2. The topological polar surface area (TPSA) is 78.9 Å². The van der Waals surface area contributed by atoms with Crippen molar-refractivity contribution in [2.45, 2.75) is 0 Å². The fourth-order valence-corrected chi connectivity index (χ4v) is 1.37. The van der Waals surface area contributed by atoms with Crippen LogP contribution in [-0.4, -0.2) is 9.97 Å². The summed E-state index contributed by atoms with van der Waals surface area (Å²) in [6.45, 7) is 0. The van der Waals surface area contributed by atoms with E-state index in [1.807, 2.05) is 0 Å². The molecule has 0 fully saturated rings. The van der Waals surface area contributed by atoms with E-state index < -0.39 is 11.2 Å². The van der Waals surface area contributed by atoms with Gasteiger partial charge in [0, 0.05) is 6.07 Å². The van der Waals surface area contributed by atoms with Crippen LogP contribution in [0.15, 0.2) is 36.9 Å². The molecule has 14 heavy (non-hydrogen) atoms. The summed E-state index contributed by atoms with van der Waals surface area (Å²) in [6, 6.07) is 4.58. The molecule has 0 radical (unpaired) electrons. The van der Waals surface area contributed by atoms with Crippen molar-refractivity contribution in [2.75, 3.05) is 0 Å². The third-order valence-corrected chi connectivity index (χ3v) is 2.03. The molecule has 2 aromatic rings. The van der Waals surface area contributed by atoms with Gasteiger partial charge in [0.25, 0.3) is 5.56 Å². The van der Waals surface area contributed by atoms with Gasteiger partial charge in [-0.25, -0.2) is 4.79 Å². The number of hydrogen-bond acceptors (Lipinski definition) is 3. The van der Waals surface area contributed by atoms with Crippen molar-refractivity contribution in [3.05, 3.63) is 43.7 Å². The first-order valence-corrected chi connectivity index (χ1v) is 4.54. The van der Waals surface area contributed by atoms with Gasteiger partial charge in [0.15, 0.2) is 10.4 Å². The SMILES string of the molecule is O=c1cc(-c2ccc(Br)o2)[nH]c(=O)[nH]1. The Morgan fingerprint density at radius 1 is 1.21 bits per heavy atom. The summed E-state index contributed by atoms with van der Waals surface area (Å²) in [5, 5.41) is 0. The second kappa shape index (κ2) is 3.30. The second-order valence-corrected chi connectivity index (χ2v) is 3.39. The Labute approximate surface area is 85.9 Å². The quantitative estimate of drug-likeness (QED) is 0.802. The van der Waals surface area contributed by atoms with Crippen molar-refractivity contribution < 1.29 is 4.42 Å². The Morgan fingerprint density at radius 2 is 2.00 bits per heavy atom. The number of furan rings is 1. The minimum atomic E-state index is -0.556. The zero-order valence-electron chi connectivity index (χ0n) is 6.83. The Hall–Kier alpha value is -1.56. The van der Waals surface area contributed by atoms with E-state index in [0.29, 0.717) is 16.1 Å². The molecule has 2 aromatic heterocycles. The minimum Gasteiger partial charge on any atom is -0.448 e. The lowest BCUT2D eigenvalue weighted by Gasteiger charge is -1.93. The van der Waals surface area contributed by atoms with Crippen molar-refractivity contribution >= 4 is 15.9 Å². The van der Waals surface area contributed by atoms with Crippen molar-refractivity contribution in [3.63, 3.8) is 0 Å². The van der Waals surface area contributed by atoms with Crippen LogP contribution in [0.1, 0.15) is 0 Å². The van der Waals surface area contributed by atoms with Gasteiger partial charge < -0.3 is 9.40 Å². The molecule has 2 N–H and O–H groups in total. The van der Waals surface area contributed by atoms with Crippen LogP contribution in [0.2, 0.25) is 0 Å². The lowest BCUT2D eigenvalue weighted by molar-refractivity contribution is 0.553. The molecule has 6 heteroatoms. The van der Waals surface area contributed by atoms with Gasteiger partial charge in [0.05, 0.1) is 5.69 Å². The van der Waals surface area contributed by atoms with Gasteiger partial charge in [-0.1, -0.05) is 0 Å². The highest BCUT2D eigenvalue weighted by Gasteiger charge is 2.04. The summed E-state index contributed by atoms with van der Waals surface area (Å²) in [6.07, 6.45) is 0. The maximum atomic E-state index is 11.0. The second-order valence-electron chi connectivity index (χ2n) is 2.61. The van der Waals surface area contributed by atoms with E-state index in [-0.39, 0.29) is 0 Å². The van der Waals surface area contributed by atoms with Gasteiger partial charge in [-0.15, -0.1) is 0 Å². The van der Waals surface area contributed by atoms with Crippen LogP contribution in [0.3, 0.4) is 0 Å². The van der Waals surface area contributed by atoms with Crippen molar-refractivity contribution in [1.29, 1.82) is 0 Å². The van der Waals surface area contributed by atoms with E-state index in [2.05, 4.69) is 25.9 Å². The molecular formula is C8H5BrN2O3. The smallest absolute Gasteiger partial charge is 0.326 e. The summed E-state index contributed by atoms with van der Waals surface area (Å²) in [7, 11) is 0. The molecule has 2 heterocycles. The maximum absolute atomic E-state index is 11.0. The van der Waals surface area contributed by atoms with Crippen LogP contribution < -0.4 is 11.2 Å². The van der Waals surface area contributed by atoms with Crippen LogP contribution in [0.4, 0.5) is 0 Å². The Kier molecular flexibility index (Phi) is 2.12. The summed E-state index contributed by atoms with van der Waals surface area (Å²) >= 11 is 3.12. The van der Waals surface area contributed by atoms with Crippen LogP contribution in [0.25, 0.3) is 11.5 Å². The number of aromatic nitrogens is 2. The third kappa shape index (κ3) is 1.69. The van der Waals surface area contributed by atoms with Crippen LogP contribution >= 0.6 is 15.9 Å². The molecule has 0 saturated carbocycles. The van der Waals surface area contributed by atoms with Crippen LogP contribution in [-0.2, 0) is 0 Å². The van der Waals surface area contributed by atoms with E-state index >= 15 is 0 Å². The number of rotatable bonds is 1. The maximum Gasteiger partial charge on any atom is 0.326 e. The summed E-state index contributed by atoms with van der Waals surface area (Å²) in [5.74, 6) is 0.431. The average molecular weight is 257 g/mol. The van der Waals surface area contributed by atoms with E-state index in [9.17, 15) is 9.59 Å². The fraction of sp³-hybridized carbons (Fsp3) is 0. The molecule has 0 aliphatic carbocycles. The number of nitrogens with one attached hydrogen (secondary N) is 2. The zero-order chi connectivity index (χ0) is 10.1. The van der Waals surface area contributed by atoms with Crippen molar-refractivity contribution in [2.24, 2.45) is 0 Å². The molecule has 0 bridgehead atoms. The lowest BCUT2D eigenvalue weighted by Crippen LogP contribution is -2.21. The molecule has 0 aliphatic rings. The summed E-state index contributed by atoms with van der Waals surface area (Å²) in [4.78, 5) is 26.4. The summed E-state index contributed by atoms with van der Waals surface area (Å²) in [5.41, 5.74) is -0.666. The molecule has 0 aliphatic heterocycles. The molecule has 0 spiro atoms. The highest BCUT2D eigenvalue weighted by Crippen LogP contribution is 2.21. The summed E-state index contributed by atoms with van der Waals surface area (Å²) < 4.78 is 5.71. The average Bonchev–Trinajstić information content (AvgIpc) is 2.50. The first-order chi connectivity index (χ1) is 6.65. The molecule has 0 aromatic carbocycles. The van der Waals surface area contributed by atoms with Gasteiger partial charge in [-0.05, 0) is 28.1 Å². The Morgan fingerprint density at radius 3 is 2.57 bits per heavy atom. The highest BCUT2D eigenvalue weighted by molar-refractivity contribution is 9.10. The van der Waals surface area contributed by atoms with Crippen LogP contribution in [0.5, 0.6) is 0 Å². The number of H-pyrrole nitrogens is 2. The Balaban J connectivity index is 2.62. The molecule has 0 atom stereocenters. The number of halogens is 1. The van der Waals surface area contributed by atoms with Gasteiger partial charge in [-0.3, -0.25) is 9.78 Å². The van der Waals surface area contributed by atoms with E-state index in [4.69, 9.17) is 4.42 Å². The van der Waals surface area contributed by atoms with Gasteiger partial charge in [0.2, 0.25) is 0 Å². The van der Waals surface area contributed by atoms with Crippen molar-refractivity contribution in [1.82, 2.24) is 9.97 Å². The van der Waals surface area contributed by atoms with Gasteiger partial charge in [-0.2, -0.15) is 0 Å².